The molecule has 1 atom stereocenters. The maximum absolute atomic E-state index is 12.8. The molecule has 0 bridgehead atoms. The molecule has 1 unspecified atom stereocenters. The second-order valence-corrected chi connectivity index (χ2v) is 8.92. The first-order chi connectivity index (χ1) is 12.5. The van der Waals surface area contributed by atoms with Gasteiger partial charge in [0, 0.05) is 0 Å². The third kappa shape index (κ3) is 5.47. The van der Waals surface area contributed by atoms with Gasteiger partial charge in [-0.25, -0.2) is 13.2 Å². The lowest BCUT2D eigenvalue weighted by Crippen LogP contribution is -2.38. The molecule has 1 saturated heterocycles. The largest absolute Gasteiger partial charge is 0.446 e. The first-order valence-electron chi connectivity index (χ1n) is 9.74. The smallest absolute Gasteiger partial charge is 0.424 e. The number of unbranched alkanes of at least 4 members (excludes halogenated alkanes) is 7. The average Bonchev–Trinajstić information content (AvgIpc) is 2.99. The Morgan fingerprint density at radius 1 is 1.00 bits per heavy atom. The number of ether oxygens (including phenoxy) is 1. The van der Waals surface area contributed by atoms with Crippen LogP contribution >= 0.6 is 0 Å². The second-order valence-electron chi connectivity index (χ2n) is 7.11. The van der Waals surface area contributed by atoms with E-state index in [2.05, 4.69) is 6.92 Å². The fourth-order valence-corrected chi connectivity index (χ4v) is 4.80. The van der Waals surface area contributed by atoms with Crippen molar-refractivity contribution in [2.24, 2.45) is 0 Å². The van der Waals surface area contributed by atoms with Crippen molar-refractivity contribution in [2.75, 3.05) is 6.61 Å². The third-order valence-electron chi connectivity index (χ3n) is 4.88. The molecule has 1 aliphatic rings. The molecular weight excluding hydrogens is 350 g/mol. The third-order valence-corrected chi connectivity index (χ3v) is 6.71. The molecule has 1 aromatic carbocycles. The van der Waals surface area contributed by atoms with E-state index in [-0.39, 0.29) is 11.5 Å². The summed E-state index contributed by atoms with van der Waals surface area (Å²) in [7, 11) is -3.85. The van der Waals surface area contributed by atoms with Gasteiger partial charge in [-0.1, -0.05) is 76.0 Å². The fraction of sp³-hybridized carbons (Fsp3) is 0.650. The van der Waals surface area contributed by atoms with Crippen molar-refractivity contribution in [1.29, 1.82) is 0 Å². The molecule has 0 aromatic heterocycles. The van der Waals surface area contributed by atoms with Crippen LogP contribution in [-0.4, -0.2) is 31.5 Å². The molecule has 0 aliphatic carbocycles. The van der Waals surface area contributed by atoms with E-state index >= 15 is 0 Å². The van der Waals surface area contributed by atoms with Gasteiger partial charge in [0.2, 0.25) is 0 Å². The number of cyclic esters (lactones) is 1. The first-order valence-corrected chi connectivity index (χ1v) is 11.2. The molecule has 1 fully saturated rings. The molecule has 5 nitrogen and oxygen atoms in total. The number of carbonyl (C=O) groups excluding carboxylic acids is 1. The summed E-state index contributed by atoms with van der Waals surface area (Å²) >= 11 is 0. The molecule has 0 saturated carbocycles. The van der Waals surface area contributed by atoms with E-state index in [1.165, 1.54) is 32.1 Å². The van der Waals surface area contributed by atoms with E-state index in [9.17, 15) is 13.2 Å². The molecule has 0 N–H and O–H groups in total. The zero-order chi connectivity index (χ0) is 19.0. The maximum atomic E-state index is 12.8. The summed E-state index contributed by atoms with van der Waals surface area (Å²) < 4.78 is 31.6. The van der Waals surface area contributed by atoms with Crippen LogP contribution in [0.5, 0.6) is 0 Å². The molecule has 0 spiro atoms. The Hall–Kier alpha value is -1.56. The number of rotatable bonds is 11. The monoisotopic (exact) mass is 381 g/mol. The summed E-state index contributed by atoms with van der Waals surface area (Å²) in [6.07, 6.45) is 9.39. The highest BCUT2D eigenvalue weighted by Gasteiger charge is 2.42. The lowest BCUT2D eigenvalue weighted by Gasteiger charge is -2.21. The van der Waals surface area contributed by atoms with Gasteiger partial charge in [0.15, 0.2) is 0 Å². The number of hydrogen-bond donors (Lipinski definition) is 0. The zero-order valence-electron chi connectivity index (χ0n) is 15.9. The van der Waals surface area contributed by atoms with Crippen LogP contribution < -0.4 is 0 Å². The molecule has 0 radical (unpaired) electrons. The van der Waals surface area contributed by atoms with Crippen molar-refractivity contribution in [2.45, 2.75) is 82.6 Å². The Morgan fingerprint density at radius 3 is 2.19 bits per heavy atom. The van der Waals surface area contributed by atoms with Crippen LogP contribution in [0.4, 0.5) is 4.79 Å². The van der Waals surface area contributed by atoms with Crippen LogP contribution in [0.15, 0.2) is 29.2 Å². The van der Waals surface area contributed by atoms with Crippen LogP contribution in [0.25, 0.3) is 0 Å². The molecule has 1 heterocycles. The van der Waals surface area contributed by atoms with Crippen LogP contribution in [0.1, 0.15) is 70.3 Å². The SMILES string of the molecule is CCCCCCCCCCC1COC(=O)N1S(=O)(=O)c1ccc(C)cc1. The summed E-state index contributed by atoms with van der Waals surface area (Å²) in [5, 5.41) is 0. The van der Waals surface area contributed by atoms with E-state index in [0.717, 1.165) is 29.1 Å². The quantitative estimate of drug-likeness (QED) is 0.504. The first kappa shape index (κ1) is 20.7. The molecule has 26 heavy (non-hydrogen) atoms. The molecule has 1 aromatic rings. The Bertz CT molecular complexity index is 670. The lowest BCUT2D eigenvalue weighted by atomic mass is 10.1. The number of amides is 1. The molecule has 2 rings (SSSR count). The van der Waals surface area contributed by atoms with Crippen molar-refractivity contribution < 1.29 is 17.9 Å². The minimum Gasteiger partial charge on any atom is -0.446 e. The van der Waals surface area contributed by atoms with Gasteiger partial charge in [0.1, 0.15) is 6.61 Å². The van der Waals surface area contributed by atoms with Crippen molar-refractivity contribution in [3.63, 3.8) is 0 Å². The lowest BCUT2D eigenvalue weighted by molar-refractivity contribution is 0.170. The van der Waals surface area contributed by atoms with E-state index in [4.69, 9.17) is 4.74 Å². The molecular formula is C20H31NO4S. The predicted octanol–water partition coefficient (Wildman–Crippen LogP) is 5.04. The van der Waals surface area contributed by atoms with Gasteiger partial charge in [-0.05, 0) is 25.5 Å². The topological polar surface area (TPSA) is 63.7 Å². The predicted molar refractivity (Wildman–Crippen MR) is 103 cm³/mol. The minimum atomic E-state index is -3.85. The van der Waals surface area contributed by atoms with Crippen LogP contribution in [0, 0.1) is 6.92 Å². The minimum absolute atomic E-state index is 0.142. The van der Waals surface area contributed by atoms with Crippen LogP contribution in [0.3, 0.4) is 0 Å². The molecule has 1 amide bonds. The van der Waals surface area contributed by atoms with Gasteiger partial charge in [-0.3, -0.25) is 0 Å². The van der Waals surface area contributed by atoms with Crippen molar-refractivity contribution in [3.8, 4) is 0 Å². The van der Waals surface area contributed by atoms with Gasteiger partial charge in [-0.15, -0.1) is 0 Å². The van der Waals surface area contributed by atoms with Gasteiger partial charge >= 0.3 is 6.09 Å². The molecule has 146 valence electrons. The summed E-state index contributed by atoms with van der Waals surface area (Å²) in [4.78, 5) is 12.2. The Kier molecular flexibility index (Phi) is 7.94. The molecule has 6 heteroatoms. The summed E-state index contributed by atoms with van der Waals surface area (Å²) in [6, 6.07) is 6.17. The van der Waals surface area contributed by atoms with E-state index in [1.54, 1.807) is 24.3 Å². The molecule has 1 aliphatic heterocycles. The van der Waals surface area contributed by atoms with Gasteiger partial charge in [0.05, 0.1) is 10.9 Å². The van der Waals surface area contributed by atoms with E-state index in [1.807, 2.05) is 6.92 Å². The number of nitrogens with zero attached hydrogens (tertiary/aromatic N) is 1. The number of hydrogen-bond acceptors (Lipinski definition) is 4. The maximum Gasteiger partial charge on any atom is 0.424 e. The number of benzene rings is 1. The van der Waals surface area contributed by atoms with Crippen molar-refractivity contribution >= 4 is 16.1 Å². The number of aryl methyl sites for hydroxylation is 1. The number of sulfonamides is 1. The summed E-state index contributed by atoms with van der Waals surface area (Å²) in [5.74, 6) is 0. The Labute approximate surface area is 157 Å². The zero-order valence-corrected chi connectivity index (χ0v) is 16.8. The van der Waals surface area contributed by atoms with Crippen LogP contribution in [-0.2, 0) is 14.8 Å². The van der Waals surface area contributed by atoms with Gasteiger partial charge in [-0.2, -0.15) is 4.31 Å². The van der Waals surface area contributed by atoms with Crippen molar-refractivity contribution in [1.82, 2.24) is 4.31 Å². The number of carbonyl (C=O) groups is 1. The van der Waals surface area contributed by atoms with Crippen molar-refractivity contribution in [3.05, 3.63) is 29.8 Å². The highest BCUT2D eigenvalue weighted by Crippen LogP contribution is 2.27. The normalized spacial score (nSPS) is 17.5. The van der Waals surface area contributed by atoms with E-state index in [0.29, 0.717) is 6.42 Å². The summed E-state index contributed by atoms with van der Waals surface area (Å²) in [5.41, 5.74) is 0.975. The summed E-state index contributed by atoms with van der Waals surface area (Å²) in [6.45, 7) is 4.26. The highest BCUT2D eigenvalue weighted by atomic mass is 32.2. The Morgan fingerprint density at radius 2 is 1.58 bits per heavy atom. The second kappa shape index (κ2) is 9.95. The fourth-order valence-electron chi connectivity index (χ4n) is 3.28. The van der Waals surface area contributed by atoms with Gasteiger partial charge < -0.3 is 4.74 Å². The van der Waals surface area contributed by atoms with Gasteiger partial charge in [0.25, 0.3) is 10.0 Å². The van der Waals surface area contributed by atoms with Crippen LogP contribution in [0.2, 0.25) is 0 Å². The highest BCUT2D eigenvalue weighted by molar-refractivity contribution is 7.89. The van der Waals surface area contributed by atoms with E-state index < -0.39 is 22.2 Å². The Balaban J connectivity index is 1.87. The standard InChI is InChI=1S/C20H31NO4S/c1-3-4-5-6-7-8-9-10-11-18-16-25-20(22)21(18)26(23,24)19-14-12-17(2)13-15-19/h12-15,18H,3-11,16H2,1-2H3. The average molecular weight is 382 g/mol.